The second kappa shape index (κ2) is 9.22. The van der Waals surface area contributed by atoms with Crippen molar-refractivity contribution in [1.29, 1.82) is 0 Å². The standard InChI is InChI=1S/C29H31NO4/c1-3-20-16-23-27(29(33)30(28(23)32)21-7-5-4-6-8-21)24-17-34-25(26(20)24)14-9-18(2)15-19-10-12-22(31)13-11-19/h4-8,10-13,15,23-25,27,31H,3,9,14,16-17H2,1-2H3/b18-15+/t23-,24+,25-,27-/m1/s1. The molecule has 2 aliphatic heterocycles. The predicted molar refractivity (Wildman–Crippen MR) is 132 cm³/mol. The number of carbonyl (C=O) groups is 2. The van der Waals surface area contributed by atoms with E-state index in [0.29, 0.717) is 18.7 Å². The van der Waals surface area contributed by atoms with Crippen LogP contribution in [0.1, 0.15) is 45.1 Å². The molecular weight excluding hydrogens is 426 g/mol. The second-order valence-corrected chi connectivity index (χ2v) is 9.65. The van der Waals surface area contributed by atoms with Gasteiger partial charge >= 0.3 is 0 Å². The van der Waals surface area contributed by atoms with E-state index in [1.807, 2.05) is 42.5 Å². The molecule has 0 radical (unpaired) electrons. The van der Waals surface area contributed by atoms with Gasteiger partial charge in [-0.3, -0.25) is 14.5 Å². The smallest absolute Gasteiger partial charge is 0.238 e. The lowest BCUT2D eigenvalue weighted by Crippen LogP contribution is -2.34. The zero-order valence-corrected chi connectivity index (χ0v) is 19.7. The number of amides is 2. The van der Waals surface area contributed by atoms with Gasteiger partial charge in [-0.2, -0.15) is 0 Å². The normalized spacial score (nSPS) is 26.8. The van der Waals surface area contributed by atoms with Gasteiger partial charge in [0.1, 0.15) is 5.75 Å². The largest absolute Gasteiger partial charge is 0.508 e. The molecule has 5 nitrogen and oxygen atoms in total. The van der Waals surface area contributed by atoms with Crippen molar-refractivity contribution in [3.63, 3.8) is 0 Å². The number of carbonyl (C=O) groups excluding carboxylic acids is 2. The number of imide groups is 1. The molecule has 3 aliphatic rings. The van der Waals surface area contributed by atoms with Crippen LogP contribution in [0.3, 0.4) is 0 Å². The summed E-state index contributed by atoms with van der Waals surface area (Å²) in [5.41, 5.74) is 5.54. The number of aromatic hydroxyl groups is 1. The number of fused-ring (bicyclic) bond motifs is 3. The Morgan fingerprint density at radius 3 is 2.50 bits per heavy atom. The maximum atomic E-state index is 13.5. The molecule has 2 aromatic carbocycles. The van der Waals surface area contributed by atoms with Crippen LogP contribution in [0.25, 0.3) is 6.08 Å². The number of allylic oxidation sites excluding steroid dienone is 2. The number of nitrogens with zero attached hydrogens (tertiary/aromatic N) is 1. The maximum absolute atomic E-state index is 13.5. The summed E-state index contributed by atoms with van der Waals surface area (Å²) >= 11 is 0. The Hall–Kier alpha value is -3.18. The molecule has 4 atom stereocenters. The monoisotopic (exact) mass is 457 g/mol. The van der Waals surface area contributed by atoms with Gasteiger partial charge in [-0.05, 0) is 68.0 Å². The van der Waals surface area contributed by atoms with Crippen LogP contribution in [-0.4, -0.2) is 29.6 Å². The van der Waals surface area contributed by atoms with E-state index in [1.54, 1.807) is 12.1 Å². The van der Waals surface area contributed by atoms with Crippen molar-refractivity contribution >= 4 is 23.6 Å². The van der Waals surface area contributed by atoms with Gasteiger partial charge < -0.3 is 9.84 Å². The Balaban J connectivity index is 1.35. The molecule has 2 fully saturated rings. The lowest BCUT2D eigenvalue weighted by molar-refractivity contribution is -0.122. The summed E-state index contributed by atoms with van der Waals surface area (Å²) in [6, 6.07) is 16.5. The zero-order chi connectivity index (χ0) is 23.8. The molecule has 0 unspecified atom stereocenters. The van der Waals surface area contributed by atoms with E-state index in [2.05, 4.69) is 19.9 Å². The number of anilines is 1. The summed E-state index contributed by atoms with van der Waals surface area (Å²) in [6.07, 6.45) is 5.41. The van der Waals surface area contributed by atoms with E-state index in [0.717, 1.165) is 24.8 Å². The van der Waals surface area contributed by atoms with Crippen LogP contribution in [0.4, 0.5) is 5.69 Å². The van der Waals surface area contributed by atoms with E-state index in [9.17, 15) is 14.7 Å². The van der Waals surface area contributed by atoms with E-state index in [-0.39, 0.29) is 41.4 Å². The highest BCUT2D eigenvalue weighted by molar-refractivity contribution is 6.22. The van der Waals surface area contributed by atoms with E-state index in [4.69, 9.17) is 4.74 Å². The number of rotatable bonds is 6. The summed E-state index contributed by atoms with van der Waals surface area (Å²) in [7, 11) is 0. The molecule has 2 amide bonds. The van der Waals surface area contributed by atoms with Crippen molar-refractivity contribution in [3.05, 3.63) is 76.9 Å². The van der Waals surface area contributed by atoms with Gasteiger partial charge in [-0.1, -0.05) is 54.5 Å². The Morgan fingerprint density at radius 1 is 1.06 bits per heavy atom. The van der Waals surface area contributed by atoms with Crippen molar-refractivity contribution in [2.24, 2.45) is 17.8 Å². The highest BCUT2D eigenvalue weighted by atomic mass is 16.5. The van der Waals surface area contributed by atoms with Crippen LogP contribution in [0, 0.1) is 17.8 Å². The minimum absolute atomic E-state index is 0.00209. The average molecular weight is 458 g/mol. The first-order valence-corrected chi connectivity index (χ1v) is 12.2. The van der Waals surface area contributed by atoms with Crippen LogP contribution in [0.2, 0.25) is 0 Å². The molecule has 5 heteroatoms. The predicted octanol–water partition coefficient (Wildman–Crippen LogP) is 5.51. The molecule has 2 saturated heterocycles. The van der Waals surface area contributed by atoms with Crippen molar-refractivity contribution in [3.8, 4) is 5.75 Å². The lowest BCUT2D eigenvalue weighted by atomic mass is 9.69. The maximum Gasteiger partial charge on any atom is 0.238 e. The van der Waals surface area contributed by atoms with Crippen molar-refractivity contribution in [1.82, 2.24) is 0 Å². The summed E-state index contributed by atoms with van der Waals surface area (Å²) in [6.45, 7) is 4.76. The molecule has 0 bridgehead atoms. The Morgan fingerprint density at radius 2 is 1.79 bits per heavy atom. The lowest BCUT2D eigenvalue weighted by Gasteiger charge is -2.31. The van der Waals surface area contributed by atoms with Crippen molar-refractivity contribution in [2.75, 3.05) is 11.5 Å². The van der Waals surface area contributed by atoms with E-state index in [1.165, 1.54) is 21.6 Å². The minimum atomic E-state index is -0.323. The quantitative estimate of drug-likeness (QED) is 0.459. The van der Waals surface area contributed by atoms with Crippen molar-refractivity contribution in [2.45, 2.75) is 45.6 Å². The number of ether oxygens (including phenoxy) is 1. The molecule has 34 heavy (non-hydrogen) atoms. The molecule has 0 spiro atoms. The highest BCUT2D eigenvalue weighted by Gasteiger charge is 2.57. The van der Waals surface area contributed by atoms with Gasteiger partial charge in [0.05, 0.1) is 30.2 Å². The summed E-state index contributed by atoms with van der Waals surface area (Å²) < 4.78 is 6.28. The third-order valence-electron chi connectivity index (χ3n) is 7.56. The Bertz CT molecular complexity index is 1150. The fourth-order valence-corrected chi connectivity index (χ4v) is 5.93. The third-order valence-corrected chi connectivity index (χ3v) is 7.56. The summed E-state index contributed by atoms with van der Waals surface area (Å²) in [5, 5.41) is 9.49. The second-order valence-electron chi connectivity index (χ2n) is 9.65. The van der Waals surface area contributed by atoms with Gasteiger partial charge in [0, 0.05) is 5.92 Å². The molecule has 2 aromatic rings. The highest BCUT2D eigenvalue weighted by Crippen LogP contribution is 2.51. The topological polar surface area (TPSA) is 66.8 Å². The van der Waals surface area contributed by atoms with Crippen LogP contribution in [0.5, 0.6) is 5.75 Å². The molecule has 0 aromatic heterocycles. The number of para-hydroxylation sites is 1. The Kier molecular flexibility index (Phi) is 6.13. The molecule has 0 saturated carbocycles. The number of phenols is 1. The zero-order valence-electron chi connectivity index (χ0n) is 19.7. The molecular formula is C29H31NO4. The van der Waals surface area contributed by atoms with Crippen LogP contribution in [0.15, 0.2) is 71.3 Å². The van der Waals surface area contributed by atoms with Crippen LogP contribution in [-0.2, 0) is 14.3 Å². The number of hydrogen-bond donors (Lipinski definition) is 1. The van der Waals surface area contributed by atoms with E-state index < -0.39 is 0 Å². The fourth-order valence-electron chi connectivity index (χ4n) is 5.93. The van der Waals surface area contributed by atoms with Crippen LogP contribution >= 0.6 is 0 Å². The molecule has 5 rings (SSSR count). The summed E-state index contributed by atoms with van der Waals surface area (Å²) in [5.74, 6) is -0.494. The van der Waals surface area contributed by atoms with Gasteiger partial charge in [-0.15, -0.1) is 0 Å². The summed E-state index contributed by atoms with van der Waals surface area (Å²) in [4.78, 5) is 28.2. The SMILES string of the molecule is CCC1=C2[C@@H](CC/C(C)=C/c3ccc(O)cc3)OC[C@@H]2[C@@H]2C(=O)N(c3ccccc3)C(=O)[C@@H]2C1. The van der Waals surface area contributed by atoms with Gasteiger partial charge in [0.2, 0.25) is 11.8 Å². The van der Waals surface area contributed by atoms with Gasteiger partial charge in [0.15, 0.2) is 0 Å². The number of benzene rings is 2. The molecule has 2 heterocycles. The first kappa shape index (κ1) is 22.6. The van der Waals surface area contributed by atoms with Crippen LogP contribution < -0.4 is 4.90 Å². The van der Waals surface area contributed by atoms with Gasteiger partial charge in [0.25, 0.3) is 0 Å². The number of phenolic OH excluding ortho intramolecular Hbond substituents is 1. The fraction of sp³-hybridized carbons (Fsp3) is 0.379. The first-order valence-electron chi connectivity index (χ1n) is 12.2. The average Bonchev–Trinajstić information content (AvgIpc) is 3.38. The Labute approximate surface area is 200 Å². The molecule has 1 N–H and O–H groups in total. The molecule has 176 valence electrons. The minimum Gasteiger partial charge on any atom is -0.508 e. The van der Waals surface area contributed by atoms with Gasteiger partial charge in [-0.25, -0.2) is 0 Å². The van der Waals surface area contributed by atoms with Crippen molar-refractivity contribution < 1.29 is 19.4 Å². The first-order chi connectivity index (χ1) is 16.5. The number of hydrogen-bond acceptors (Lipinski definition) is 4. The van der Waals surface area contributed by atoms with E-state index >= 15 is 0 Å². The third kappa shape index (κ3) is 3.98. The molecule has 1 aliphatic carbocycles.